The molecule has 0 aromatic heterocycles. The summed E-state index contributed by atoms with van der Waals surface area (Å²) in [6.45, 7) is 10.1. The number of carbonyl (C=O) groups is 3. The molecule has 1 atom stereocenters. The second-order valence-corrected chi connectivity index (χ2v) is 9.67. The number of hydrogen-bond acceptors (Lipinski definition) is 4. The molecule has 0 saturated heterocycles. The third-order valence-electron chi connectivity index (χ3n) is 5.96. The van der Waals surface area contributed by atoms with Crippen LogP contribution in [0.25, 0.3) is 0 Å². The fourth-order valence-corrected chi connectivity index (χ4v) is 4.83. The number of carbonyl (C=O) groups excluding carboxylic acids is 3. The van der Waals surface area contributed by atoms with Gasteiger partial charge in [-0.1, -0.05) is 47.5 Å². The summed E-state index contributed by atoms with van der Waals surface area (Å²) < 4.78 is 6.19. The Morgan fingerprint density at radius 1 is 0.920 bits per heavy atom. The van der Waals surface area contributed by atoms with Crippen LogP contribution in [0, 0.1) is 16.7 Å². The van der Waals surface area contributed by atoms with Crippen LogP contribution in [0.3, 0.4) is 0 Å². The number of hydrogen-bond donors (Lipinski definition) is 0. The Hall–Kier alpha value is -1.45. The molecule has 3 aliphatic rings. The second kappa shape index (κ2) is 5.78. The zero-order valence-electron chi connectivity index (χ0n) is 16.2. The molecule has 1 saturated carbocycles. The summed E-state index contributed by atoms with van der Waals surface area (Å²) >= 11 is 0. The molecule has 0 radical (unpaired) electrons. The standard InChI is InChI=1S/C21H30O4/c1-6-7-8-13-18-14(22)9-19(2,3)10-15(18)25-21(13)16(23)11-20(4,5)12-17(21)24/h13H,6-12H2,1-5H3/t13-/m1/s1. The normalized spacial score (nSPS) is 29.8. The molecule has 1 aliphatic heterocycles. The molecule has 2 aliphatic carbocycles. The van der Waals surface area contributed by atoms with Crippen LogP contribution in [0.15, 0.2) is 11.3 Å². The van der Waals surface area contributed by atoms with Crippen LogP contribution in [-0.2, 0) is 19.1 Å². The third kappa shape index (κ3) is 2.88. The number of rotatable bonds is 3. The lowest BCUT2D eigenvalue weighted by Crippen LogP contribution is -2.58. The lowest BCUT2D eigenvalue weighted by Gasteiger charge is -2.41. The Bertz CT molecular complexity index is 645. The van der Waals surface area contributed by atoms with Crippen molar-refractivity contribution < 1.29 is 19.1 Å². The summed E-state index contributed by atoms with van der Waals surface area (Å²) in [7, 11) is 0. The predicted octanol–water partition coefficient (Wildman–Crippen LogP) is 4.16. The lowest BCUT2D eigenvalue weighted by atomic mass is 9.62. The topological polar surface area (TPSA) is 60.4 Å². The molecular formula is C21H30O4. The molecule has 4 nitrogen and oxygen atoms in total. The predicted molar refractivity (Wildman–Crippen MR) is 94.9 cm³/mol. The molecule has 3 rings (SSSR count). The van der Waals surface area contributed by atoms with Crippen molar-refractivity contribution in [3.05, 3.63) is 11.3 Å². The molecule has 4 heteroatoms. The van der Waals surface area contributed by atoms with E-state index in [1.54, 1.807) is 0 Å². The van der Waals surface area contributed by atoms with E-state index in [2.05, 4.69) is 6.92 Å². The van der Waals surface area contributed by atoms with Crippen molar-refractivity contribution in [2.75, 3.05) is 0 Å². The summed E-state index contributed by atoms with van der Waals surface area (Å²) in [4.78, 5) is 39.2. The Labute approximate surface area is 150 Å². The smallest absolute Gasteiger partial charge is 0.230 e. The number of ether oxygens (including phenoxy) is 1. The molecule has 0 aromatic rings. The van der Waals surface area contributed by atoms with Gasteiger partial charge < -0.3 is 4.74 Å². The van der Waals surface area contributed by atoms with Gasteiger partial charge in [0.25, 0.3) is 0 Å². The molecule has 25 heavy (non-hydrogen) atoms. The van der Waals surface area contributed by atoms with E-state index < -0.39 is 5.60 Å². The summed E-state index contributed by atoms with van der Waals surface area (Å²) in [6, 6.07) is 0. The van der Waals surface area contributed by atoms with E-state index in [4.69, 9.17) is 4.74 Å². The highest BCUT2D eigenvalue weighted by Crippen LogP contribution is 2.54. The highest BCUT2D eigenvalue weighted by atomic mass is 16.5. The lowest BCUT2D eigenvalue weighted by molar-refractivity contribution is -0.163. The number of ketones is 3. The molecule has 1 heterocycles. The third-order valence-corrected chi connectivity index (χ3v) is 5.96. The molecule has 138 valence electrons. The van der Waals surface area contributed by atoms with Crippen molar-refractivity contribution in [1.29, 1.82) is 0 Å². The van der Waals surface area contributed by atoms with Crippen LogP contribution in [0.4, 0.5) is 0 Å². The number of Topliss-reactive ketones (excluding diaryl/α,β-unsaturated/α-hetero) is 3. The van der Waals surface area contributed by atoms with Crippen molar-refractivity contribution >= 4 is 17.3 Å². The van der Waals surface area contributed by atoms with Gasteiger partial charge in [0.05, 0.1) is 0 Å². The minimum atomic E-state index is -1.43. The van der Waals surface area contributed by atoms with Crippen molar-refractivity contribution in [2.45, 2.75) is 85.2 Å². The molecule has 0 bridgehead atoms. The minimum absolute atomic E-state index is 0.0645. The SMILES string of the molecule is CCCC[C@@H]1C2=C(CC(C)(C)CC2=O)OC12C(=O)CC(C)(C)CC2=O. The van der Waals surface area contributed by atoms with E-state index in [9.17, 15) is 14.4 Å². The van der Waals surface area contributed by atoms with Gasteiger partial charge in [0.15, 0.2) is 17.3 Å². The van der Waals surface area contributed by atoms with E-state index >= 15 is 0 Å². The maximum absolute atomic E-state index is 13.1. The van der Waals surface area contributed by atoms with E-state index in [1.807, 2.05) is 27.7 Å². The van der Waals surface area contributed by atoms with Gasteiger partial charge in [-0.05, 0) is 17.3 Å². The zero-order chi connectivity index (χ0) is 18.6. The van der Waals surface area contributed by atoms with Crippen LogP contribution in [0.2, 0.25) is 0 Å². The highest BCUT2D eigenvalue weighted by molar-refractivity contribution is 6.16. The maximum Gasteiger partial charge on any atom is 0.230 e. The van der Waals surface area contributed by atoms with Gasteiger partial charge in [-0.3, -0.25) is 14.4 Å². The molecule has 0 amide bonds. The fraction of sp³-hybridized carbons (Fsp3) is 0.762. The second-order valence-electron chi connectivity index (χ2n) is 9.67. The van der Waals surface area contributed by atoms with Gasteiger partial charge in [-0.2, -0.15) is 0 Å². The van der Waals surface area contributed by atoms with Gasteiger partial charge in [0.2, 0.25) is 5.60 Å². The first-order valence-electron chi connectivity index (χ1n) is 9.54. The minimum Gasteiger partial charge on any atom is -0.475 e. The molecule has 1 spiro atoms. The van der Waals surface area contributed by atoms with Crippen LogP contribution in [0.5, 0.6) is 0 Å². The fourth-order valence-electron chi connectivity index (χ4n) is 4.83. The molecule has 0 unspecified atom stereocenters. The van der Waals surface area contributed by atoms with Crippen LogP contribution in [-0.4, -0.2) is 23.0 Å². The Morgan fingerprint density at radius 3 is 2.04 bits per heavy atom. The van der Waals surface area contributed by atoms with Crippen molar-refractivity contribution in [3.8, 4) is 0 Å². The maximum atomic E-state index is 13.1. The summed E-state index contributed by atoms with van der Waals surface area (Å²) in [5, 5.41) is 0. The Kier molecular flexibility index (Phi) is 4.24. The van der Waals surface area contributed by atoms with Gasteiger partial charge in [0, 0.05) is 37.2 Å². The van der Waals surface area contributed by atoms with Gasteiger partial charge in [0.1, 0.15) is 5.76 Å². The average molecular weight is 346 g/mol. The molecule has 0 aromatic carbocycles. The van der Waals surface area contributed by atoms with Gasteiger partial charge >= 0.3 is 0 Å². The first kappa shape index (κ1) is 18.3. The average Bonchev–Trinajstić information content (AvgIpc) is 2.76. The van der Waals surface area contributed by atoms with Crippen LogP contribution < -0.4 is 0 Å². The van der Waals surface area contributed by atoms with Crippen molar-refractivity contribution in [3.63, 3.8) is 0 Å². The monoisotopic (exact) mass is 346 g/mol. The van der Waals surface area contributed by atoms with Gasteiger partial charge in [-0.25, -0.2) is 0 Å². The number of unbranched alkanes of at least 4 members (excludes halogenated alkanes) is 1. The van der Waals surface area contributed by atoms with Crippen LogP contribution in [0.1, 0.15) is 79.6 Å². The molecular weight excluding hydrogens is 316 g/mol. The largest absolute Gasteiger partial charge is 0.475 e. The van der Waals surface area contributed by atoms with Crippen LogP contribution >= 0.6 is 0 Å². The highest BCUT2D eigenvalue weighted by Gasteiger charge is 2.64. The first-order chi connectivity index (χ1) is 11.5. The van der Waals surface area contributed by atoms with Crippen molar-refractivity contribution in [2.24, 2.45) is 16.7 Å². The summed E-state index contributed by atoms with van der Waals surface area (Å²) in [5.41, 5.74) is -1.29. The quantitative estimate of drug-likeness (QED) is 0.720. The van der Waals surface area contributed by atoms with Crippen molar-refractivity contribution in [1.82, 2.24) is 0 Å². The van der Waals surface area contributed by atoms with E-state index in [1.165, 1.54) is 0 Å². The van der Waals surface area contributed by atoms with E-state index in [0.717, 1.165) is 12.8 Å². The Morgan fingerprint density at radius 2 is 1.48 bits per heavy atom. The molecule has 1 fully saturated rings. The van der Waals surface area contributed by atoms with Gasteiger partial charge in [-0.15, -0.1) is 0 Å². The zero-order valence-corrected chi connectivity index (χ0v) is 16.2. The first-order valence-corrected chi connectivity index (χ1v) is 9.54. The van der Waals surface area contributed by atoms with E-state index in [0.29, 0.717) is 43.4 Å². The summed E-state index contributed by atoms with van der Waals surface area (Å²) in [6.07, 6.45) is 4.26. The van der Waals surface area contributed by atoms with E-state index in [-0.39, 0.29) is 34.1 Å². The summed E-state index contributed by atoms with van der Waals surface area (Å²) in [5.74, 6) is 0.0327. The molecule has 0 N–H and O–H groups in total. The Balaban J connectivity index is 2.05. The number of allylic oxidation sites excluding steroid dienone is 1.